The second-order valence-corrected chi connectivity index (χ2v) is 5.74. The molecule has 0 spiro atoms. The van der Waals surface area contributed by atoms with Crippen LogP contribution in [0.3, 0.4) is 0 Å². The SMILES string of the molecule is CCNC(=NCC(C)Oc1cccc(F)c1)NCCN1C(=O)CNC1=O. The molecule has 1 aliphatic rings. The van der Waals surface area contributed by atoms with Crippen molar-refractivity contribution in [3.05, 3.63) is 30.1 Å². The van der Waals surface area contributed by atoms with Gasteiger partial charge in [-0.25, -0.2) is 14.2 Å². The first-order valence-electron chi connectivity index (χ1n) is 8.52. The normalized spacial score (nSPS) is 15.7. The molecule has 8 nitrogen and oxygen atoms in total. The van der Waals surface area contributed by atoms with Crippen molar-refractivity contribution < 1.29 is 18.7 Å². The molecule has 0 saturated carbocycles. The van der Waals surface area contributed by atoms with Crippen molar-refractivity contribution in [2.24, 2.45) is 4.99 Å². The molecule has 142 valence electrons. The fourth-order valence-electron chi connectivity index (χ4n) is 2.34. The lowest BCUT2D eigenvalue weighted by atomic mass is 10.3. The van der Waals surface area contributed by atoms with E-state index in [2.05, 4.69) is 20.9 Å². The summed E-state index contributed by atoms with van der Waals surface area (Å²) in [4.78, 5) is 28.6. The van der Waals surface area contributed by atoms with Crippen LogP contribution >= 0.6 is 0 Å². The first-order chi connectivity index (χ1) is 12.5. The van der Waals surface area contributed by atoms with Crippen LogP contribution in [0.4, 0.5) is 9.18 Å². The Morgan fingerprint density at radius 1 is 1.42 bits per heavy atom. The van der Waals surface area contributed by atoms with Crippen molar-refractivity contribution in [3.8, 4) is 5.75 Å². The lowest BCUT2D eigenvalue weighted by Crippen LogP contribution is -2.43. The highest BCUT2D eigenvalue weighted by Gasteiger charge is 2.27. The third-order valence-electron chi connectivity index (χ3n) is 3.55. The third kappa shape index (κ3) is 5.91. The summed E-state index contributed by atoms with van der Waals surface area (Å²) < 4.78 is 18.8. The molecule has 1 aromatic rings. The molecular weight excluding hydrogens is 341 g/mol. The van der Waals surface area contributed by atoms with Crippen molar-refractivity contribution in [1.29, 1.82) is 0 Å². The molecule has 3 amide bonds. The molecule has 1 aliphatic heterocycles. The standard InChI is InChI=1S/C17H24FN5O3/c1-3-19-16(20-7-8-23-15(24)11-22-17(23)25)21-10-12(2)26-14-6-4-5-13(18)9-14/h4-6,9,12H,3,7-8,10-11H2,1-2H3,(H,22,25)(H2,19,20,21). The number of aliphatic imine (C=N–C) groups is 1. The Morgan fingerprint density at radius 3 is 2.88 bits per heavy atom. The third-order valence-corrected chi connectivity index (χ3v) is 3.55. The minimum absolute atomic E-state index is 0.0436. The number of nitrogens with one attached hydrogen (secondary N) is 3. The predicted molar refractivity (Wildman–Crippen MR) is 95.6 cm³/mol. The van der Waals surface area contributed by atoms with Crippen molar-refractivity contribution >= 4 is 17.9 Å². The molecule has 0 bridgehead atoms. The summed E-state index contributed by atoms with van der Waals surface area (Å²) in [6, 6.07) is 5.57. The van der Waals surface area contributed by atoms with Crippen LogP contribution in [0.1, 0.15) is 13.8 Å². The fourth-order valence-corrected chi connectivity index (χ4v) is 2.34. The monoisotopic (exact) mass is 365 g/mol. The molecule has 0 aromatic heterocycles. The van der Waals surface area contributed by atoms with Gasteiger partial charge < -0.3 is 20.7 Å². The molecule has 0 aliphatic carbocycles. The van der Waals surface area contributed by atoms with Gasteiger partial charge >= 0.3 is 6.03 Å². The van der Waals surface area contributed by atoms with Crippen LogP contribution in [0, 0.1) is 5.82 Å². The van der Waals surface area contributed by atoms with Crippen molar-refractivity contribution in [2.45, 2.75) is 20.0 Å². The summed E-state index contributed by atoms with van der Waals surface area (Å²) in [7, 11) is 0. The van der Waals surface area contributed by atoms with Crippen LogP contribution in [0.5, 0.6) is 5.75 Å². The van der Waals surface area contributed by atoms with Gasteiger partial charge in [-0.3, -0.25) is 9.69 Å². The lowest BCUT2D eigenvalue weighted by Gasteiger charge is -2.17. The van der Waals surface area contributed by atoms with E-state index in [4.69, 9.17) is 4.74 Å². The molecule has 1 aromatic carbocycles. The molecule has 1 atom stereocenters. The van der Waals surface area contributed by atoms with Gasteiger partial charge in [0, 0.05) is 25.7 Å². The van der Waals surface area contributed by atoms with E-state index in [9.17, 15) is 14.0 Å². The van der Waals surface area contributed by atoms with Crippen molar-refractivity contribution in [1.82, 2.24) is 20.9 Å². The maximum atomic E-state index is 13.2. The van der Waals surface area contributed by atoms with Gasteiger partial charge in [0.2, 0.25) is 5.91 Å². The Balaban J connectivity index is 1.81. The van der Waals surface area contributed by atoms with Gasteiger partial charge in [0.15, 0.2) is 5.96 Å². The molecule has 9 heteroatoms. The van der Waals surface area contributed by atoms with E-state index in [0.29, 0.717) is 31.3 Å². The van der Waals surface area contributed by atoms with Crippen LogP contribution < -0.4 is 20.7 Å². The van der Waals surface area contributed by atoms with Gasteiger partial charge in [-0.1, -0.05) is 6.07 Å². The first kappa shape index (κ1) is 19.5. The average molecular weight is 365 g/mol. The second-order valence-electron chi connectivity index (χ2n) is 5.74. The molecule has 3 N–H and O–H groups in total. The number of nitrogens with zero attached hydrogens (tertiary/aromatic N) is 2. The number of benzene rings is 1. The molecule has 1 fully saturated rings. The average Bonchev–Trinajstić information content (AvgIpc) is 2.91. The largest absolute Gasteiger partial charge is 0.489 e. The Labute approximate surface area is 151 Å². The highest BCUT2D eigenvalue weighted by Crippen LogP contribution is 2.13. The quantitative estimate of drug-likeness (QED) is 0.358. The van der Waals surface area contributed by atoms with E-state index in [1.165, 1.54) is 12.1 Å². The van der Waals surface area contributed by atoms with Crippen molar-refractivity contribution in [2.75, 3.05) is 32.7 Å². The summed E-state index contributed by atoms with van der Waals surface area (Å²) in [5, 5.41) is 8.61. The number of urea groups is 1. The second kappa shape index (κ2) is 9.59. The molecular formula is C17H24FN5O3. The molecule has 26 heavy (non-hydrogen) atoms. The van der Waals surface area contributed by atoms with Crippen LogP contribution in [0.15, 0.2) is 29.3 Å². The van der Waals surface area contributed by atoms with Gasteiger partial charge in [-0.15, -0.1) is 0 Å². The number of imide groups is 1. The molecule has 0 radical (unpaired) electrons. The number of hydrogen-bond donors (Lipinski definition) is 3. The summed E-state index contributed by atoms with van der Waals surface area (Å²) in [5.74, 6) is 0.406. The summed E-state index contributed by atoms with van der Waals surface area (Å²) in [6.45, 7) is 5.46. The fraction of sp³-hybridized carbons (Fsp3) is 0.471. The van der Waals surface area contributed by atoms with Crippen LogP contribution in [0.2, 0.25) is 0 Å². The van der Waals surface area contributed by atoms with E-state index in [1.807, 2.05) is 13.8 Å². The van der Waals surface area contributed by atoms with Gasteiger partial charge in [-0.05, 0) is 26.0 Å². The number of rotatable bonds is 8. The predicted octanol–water partition coefficient (Wildman–Crippen LogP) is 0.700. The van der Waals surface area contributed by atoms with Gasteiger partial charge in [0.1, 0.15) is 17.7 Å². The molecule has 1 saturated heterocycles. The number of carbonyl (C=O) groups is 2. The minimum Gasteiger partial charge on any atom is -0.489 e. The number of ether oxygens (including phenoxy) is 1. The van der Waals surface area contributed by atoms with Crippen molar-refractivity contribution in [3.63, 3.8) is 0 Å². The summed E-state index contributed by atoms with van der Waals surface area (Å²) >= 11 is 0. The van der Waals surface area contributed by atoms with E-state index in [1.54, 1.807) is 12.1 Å². The Bertz CT molecular complexity index is 652. The lowest BCUT2D eigenvalue weighted by molar-refractivity contribution is -0.124. The summed E-state index contributed by atoms with van der Waals surface area (Å²) in [5.41, 5.74) is 0. The van der Waals surface area contributed by atoms with E-state index >= 15 is 0 Å². The zero-order chi connectivity index (χ0) is 18.9. The van der Waals surface area contributed by atoms with E-state index < -0.39 is 0 Å². The number of amides is 3. The van der Waals surface area contributed by atoms with Crippen LogP contribution in [-0.4, -0.2) is 61.6 Å². The Morgan fingerprint density at radius 2 is 2.23 bits per heavy atom. The van der Waals surface area contributed by atoms with Gasteiger partial charge in [0.25, 0.3) is 0 Å². The first-order valence-corrected chi connectivity index (χ1v) is 8.52. The summed E-state index contributed by atoms with van der Waals surface area (Å²) in [6.07, 6.45) is -0.252. The van der Waals surface area contributed by atoms with Crippen LogP contribution in [0.25, 0.3) is 0 Å². The van der Waals surface area contributed by atoms with Gasteiger partial charge in [-0.2, -0.15) is 0 Å². The highest BCUT2D eigenvalue weighted by atomic mass is 19.1. The molecule has 2 rings (SSSR count). The Kier molecular flexibility index (Phi) is 7.19. The number of guanidine groups is 1. The van der Waals surface area contributed by atoms with E-state index in [-0.39, 0.29) is 36.9 Å². The van der Waals surface area contributed by atoms with Crippen LogP contribution in [-0.2, 0) is 4.79 Å². The number of carbonyl (C=O) groups excluding carboxylic acids is 2. The van der Waals surface area contributed by atoms with E-state index in [0.717, 1.165) is 4.90 Å². The molecule has 1 heterocycles. The number of hydrogen-bond acceptors (Lipinski definition) is 4. The zero-order valence-corrected chi connectivity index (χ0v) is 14.9. The maximum Gasteiger partial charge on any atom is 0.324 e. The number of halogens is 1. The van der Waals surface area contributed by atoms with Gasteiger partial charge in [0.05, 0.1) is 13.1 Å². The zero-order valence-electron chi connectivity index (χ0n) is 14.9. The smallest absolute Gasteiger partial charge is 0.324 e. The maximum absolute atomic E-state index is 13.2. The highest BCUT2D eigenvalue weighted by molar-refractivity contribution is 6.01. The minimum atomic E-state index is -0.379. The molecule has 1 unspecified atom stereocenters. The topological polar surface area (TPSA) is 95.1 Å². The Hall–Kier alpha value is -2.84.